The largest absolute Gasteiger partial charge is 0.438 e. The maximum absolute atomic E-state index is 13.9. The number of benzene rings is 2. The summed E-state index contributed by atoms with van der Waals surface area (Å²) in [5, 5.41) is 3.38. The number of aromatic nitrogens is 2. The highest BCUT2D eigenvalue weighted by atomic mass is 35.5. The van der Waals surface area contributed by atoms with Gasteiger partial charge in [-0.2, -0.15) is 4.98 Å². The van der Waals surface area contributed by atoms with Crippen LogP contribution in [-0.4, -0.2) is 40.5 Å². The molecule has 188 valence electrons. The summed E-state index contributed by atoms with van der Waals surface area (Å²) in [5.74, 6) is -0.422. The van der Waals surface area contributed by atoms with Crippen LogP contribution in [0.3, 0.4) is 0 Å². The molecule has 0 radical (unpaired) electrons. The fraction of sp³-hybridized carbons (Fsp3) is 0.346. The van der Waals surface area contributed by atoms with E-state index in [2.05, 4.69) is 22.1 Å². The number of urea groups is 1. The molecular formula is C26H26ClF2N5O2. The van der Waals surface area contributed by atoms with Crippen LogP contribution < -0.4 is 15.0 Å². The van der Waals surface area contributed by atoms with Crippen molar-refractivity contribution < 1.29 is 18.3 Å². The van der Waals surface area contributed by atoms with Crippen LogP contribution in [0.25, 0.3) is 0 Å². The molecule has 0 unspecified atom stereocenters. The van der Waals surface area contributed by atoms with Crippen molar-refractivity contribution in [2.75, 3.05) is 29.9 Å². The van der Waals surface area contributed by atoms with Crippen LogP contribution in [-0.2, 0) is 13.0 Å². The molecule has 2 amide bonds. The van der Waals surface area contributed by atoms with E-state index in [0.717, 1.165) is 43.8 Å². The highest BCUT2D eigenvalue weighted by molar-refractivity contribution is 6.30. The van der Waals surface area contributed by atoms with Crippen molar-refractivity contribution in [3.05, 3.63) is 70.4 Å². The molecule has 1 aromatic heterocycles. The predicted molar refractivity (Wildman–Crippen MR) is 134 cm³/mol. The molecule has 10 heteroatoms. The van der Waals surface area contributed by atoms with Gasteiger partial charge in [-0.25, -0.2) is 18.6 Å². The Bertz CT molecular complexity index is 1280. The second kappa shape index (κ2) is 10.3. The molecule has 0 atom stereocenters. The Labute approximate surface area is 213 Å². The van der Waals surface area contributed by atoms with Gasteiger partial charge in [-0.1, -0.05) is 24.6 Å². The number of fused-ring (bicyclic) bond motifs is 1. The molecule has 36 heavy (non-hydrogen) atoms. The zero-order chi connectivity index (χ0) is 25.2. The van der Waals surface area contributed by atoms with Gasteiger partial charge in [-0.3, -0.25) is 0 Å². The summed E-state index contributed by atoms with van der Waals surface area (Å²) in [5.41, 5.74) is 2.01. The summed E-state index contributed by atoms with van der Waals surface area (Å²) in [4.78, 5) is 26.2. The highest BCUT2D eigenvalue weighted by Crippen LogP contribution is 2.33. The van der Waals surface area contributed by atoms with Crippen molar-refractivity contribution >= 4 is 29.3 Å². The van der Waals surface area contributed by atoms with Crippen LogP contribution in [0.4, 0.5) is 25.2 Å². The first-order chi connectivity index (χ1) is 17.4. The van der Waals surface area contributed by atoms with Crippen LogP contribution in [0.2, 0.25) is 5.02 Å². The summed E-state index contributed by atoms with van der Waals surface area (Å²) in [6.45, 7) is 4.55. The molecule has 7 nitrogen and oxygen atoms in total. The van der Waals surface area contributed by atoms with Crippen LogP contribution in [0.5, 0.6) is 11.6 Å². The third-order valence-corrected chi connectivity index (χ3v) is 6.78. The summed E-state index contributed by atoms with van der Waals surface area (Å²) < 4.78 is 33.3. The van der Waals surface area contributed by atoms with E-state index in [-0.39, 0.29) is 24.2 Å². The van der Waals surface area contributed by atoms with E-state index in [1.54, 1.807) is 29.2 Å². The highest BCUT2D eigenvalue weighted by Gasteiger charge is 2.29. The molecule has 2 aliphatic rings. The molecule has 1 fully saturated rings. The van der Waals surface area contributed by atoms with Crippen LogP contribution in [0, 0.1) is 17.6 Å². The minimum Gasteiger partial charge on any atom is -0.438 e. The Balaban J connectivity index is 1.43. The second-order valence-electron chi connectivity index (χ2n) is 9.21. The predicted octanol–water partition coefficient (Wildman–Crippen LogP) is 6.03. The molecule has 2 aromatic carbocycles. The average Bonchev–Trinajstić information content (AvgIpc) is 2.86. The van der Waals surface area contributed by atoms with E-state index in [1.807, 2.05) is 0 Å². The number of hydrogen-bond acceptors (Lipinski definition) is 5. The number of halogens is 3. The van der Waals surface area contributed by atoms with Gasteiger partial charge in [-0.05, 0) is 49.1 Å². The quantitative estimate of drug-likeness (QED) is 0.461. The zero-order valence-electron chi connectivity index (χ0n) is 19.8. The maximum Gasteiger partial charge on any atom is 0.322 e. The molecule has 3 aromatic rings. The van der Waals surface area contributed by atoms with Gasteiger partial charge in [0.05, 0.1) is 17.8 Å². The minimum atomic E-state index is -1.01. The fourth-order valence-electron chi connectivity index (χ4n) is 4.40. The Morgan fingerprint density at radius 2 is 1.89 bits per heavy atom. The summed E-state index contributed by atoms with van der Waals surface area (Å²) in [7, 11) is 0. The molecule has 1 saturated heterocycles. The lowest BCUT2D eigenvalue weighted by Crippen LogP contribution is -2.40. The van der Waals surface area contributed by atoms with Gasteiger partial charge in [0.1, 0.15) is 5.75 Å². The Hall–Kier alpha value is -3.46. The molecule has 1 N–H and O–H groups in total. The van der Waals surface area contributed by atoms with Crippen LogP contribution >= 0.6 is 11.6 Å². The van der Waals surface area contributed by atoms with Crippen molar-refractivity contribution in [1.29, 1.82) is 0 Å². The molecule has 0 saturated carbocycles. The van der Waals surface area contributed by atoms with E-state index in [4.69, 9.17) is 21.3 Å². The average molecular weight is 514 g/mol. The van der Waals surface area contributed by atoms with Crippen molar-refractivity contribution in [2.45, 2.75) is 32.7 Å². The second-order valence-corrected chi connectivity index (χ2v) is 9.65. The van der Waals surface area contributed by atoms with Gasteiger partial charge < -0.3 is 19.9 Å². The van der Waals surface area contributed by atoms with Gasteiger partial charge >= 0.3 is 6.03 Å². The summed E-state index contributed by atoms with van der Waals surface area (Å²) >= 11 is 6.03. The first kappa shape index (κ1) is 24.2. The van der Waals surface area contributed by atoms with E-state index < -0.39 is 11.6 Å². The van der Waals surface area contributed by atoms with E-state index >= 15 is 0 Å². The van der Waals surface area contributed by atoms with Crippen molar-refractivity contribution in [3.8, 4) is 11.6 Å². The normalized spacial score (nSPS) is 16.0. The van der Waals surface area contributed by atoms with Crippen LogP contribution in [0.15, 0.2) is 42.5 Å². The number of rotatable bonds is 4. The number of piperidine rings is 1. The number of amides is 2. The number of carbonyl (C=O) groups is 1. The van der Waals surface area contributed by atoms with E-state index in [0.29, 0.717) is 41.1 Å². The Morgan fingerprint density at radius 3 is 2.64 bits per heavy atom. The van der Waals surface area contributed by atoms with Gasteiger partial charge in [0, 0.05) is 42.8 Å². The van der Waals surface area contributed by atoms with E-state index in [1.165, 1.54) is 6.07 Å². The number of nitrogens with zero attached hydrogens (tertiary/aromatic N) is 4. The van der Waals surface area contributed by atoms with E-state index in [9.17, 15) is 13.6 Å². The Kier molecular flexibility index (Phi) is 6.91. The Morgan fingerprint density at radius 1 is 1.08 bits per heavy atom. The summed E-state index contributed by atoms with van der Waals surface area (Å²) in [6, 6.07) is 9.96. The molecule has 2 aliphatic heterocycles. The van der Waals surface area contributed by atoms with Crippen molar-refractivity contribution in [1.82, 2.24) is 14.9 Å². The number of anilines is 2. The zero-order valence-corrected chi connectivity index (χ0v) is 20.6. The van der Waals surface area contributed by atoms with Crippen LogP contribution in [0.1, 0.15) is 31.0 Å². The first-order valence-electron chi connectivity index (χ1n) is 11.9. The monoisotopic (exact) mass is 513 g/mol. The SMILES string of the molecule is CC1CCN(c2nc3c(c(Oc4ccc(F)c(F)c4)n2)CN(C(=O)Nc2cccc(Cl)c2)CC3)CC1. The third kappa shape index (κ3) is 5.36. The minimum absolute atomic E-state index is 0.119. The lowest BCUT2D eigenvalue weighted by Gasteiger charge is -2.33. The molecule has 3 heterocycles. The number of nitrogens with one attached hydrogen (secondary N) is 1. The number of carbonyl (C=O) groups excluding carboxylic acids is 1. The summed E-state index contributed by atoms with van der Waals surface area (Å²) in [6.07, 6.45) is 2.58. The van der Waals surface area contributed by atoms with Crippen molar-refractivity contribution in [3.63, 3.8) is 0 Å². The fourth-order valence-corrected chi connectivity index (χ4v) is 4.59. The number of ether oxygens (including phenoxy) is 1. The lowest BCUT2D eigenvalue weighted by molar-refractivity contribution is 0.205. The standard InChI is InChI=1S/C26H26ClF2N5O2/c1-16-7-10-33(11-8-16)25-31-23-9-12-34(26(35)30-18-4-2-3-17(27)13-18)15-20(23)24(32-25)36-19-5-6-21(28)22(29)14-19/h2-6,13-14,16H,7-12,15H2,1H3,(H,30,35). The number of hydrogen-bond donors (Lipinski definition) is 1. The smallest absolute Gasteiger partial charge is 0.322 e. The lowest BCUT2D eigenvalue weighted by atomic mass is 9.99. The maximum atomic E-state index is 13.9. The molecular weight excluding hydrogens is 488 g/mol. The molecule has 5 rings (SSSR count). The van der Waals surface area contributed by atoms with Gasteiger partial charge in [0.25, 0.3) is 0 Å². The topological polar surface area (TPSA) is 70.6 Å². The third-order valence-electron chi connectivity index (χ3n) is 6.55. The van der Waals surface area contributed by atoms with Crippen molar-refractivity contribution in [2.24, 2.45) is 5.92 Å². The molecule has 0 bridgehead atoms. The first-order valence-corrected chi connectivity index (χ1v) is 12.3. The van der Waals surface area contributed by atoms with Gasteiger partial charge in [0.15, 0.2) is 11.6 Å². The molecule has 0 aliphatic carbocycles. The van der Waals surface area contributed by atoms with Gasteiger partial charge in [0.2, 0.25) is 11.8 Å². The van der Waals surface area contributed by atoms with Gasteiger partial charge in [-0.15, -0.1) is 0 Å². The molecule has 0 spiro atoms.